The van der Waals surface area contributed by atoms with Gasteiger partial charge < -0.3 is 19.6 Å². The summed E-state index contributed by atoms with van der Waals surface area (Å²) in [7, 11) is 2.08. The standard InChI is InChI=1S/C25H27N7O2/c1-16-12-22-31(25(33)19-7-5-10-26-23(19)32(22)29-16)14-21-27-20-8-4-3-6-18(20)24(28-21)30(2)13-17-9-11-34-15-17/h3-8,10,12,17,25,33H,9,11,13-15H2,1-2H3. The fraction of sp³-hybridized carbons (Fsp3) is 0.360. The lowest BCUT2D eigenvalue weighted by atomic mass is 10.1. The molecule has 1 saturated heterocycles. The molecule has 0 radical (unpaired) electrons. The number of hydrogen-bond donors (Lipinski definition) is 1. The van der Waals surface area contributed by atoms with Gasteiger partial charge in [0, 0.05) is 49.3 Å². The van der Waals surface area contributed by atoms with Crippen molar-refractivity contribution >= 4 is 22.5 Å². The van der Waals surface area contributed by atoms with E-state index in [-0.39, 0.29) is 0 Å². The van der Waals surface area contributed by atoms with Crippen LogP contribution in [0.1, 0.15) is 29.7 Å². The summed E-state index contributed by atoms with van der Waals surface area (Å²) < 4.78 is 7.36. The zero-order chi connectivity index (χ0) is 23.2. The molecule has 2 unspecified atom stereocenters. The van der Waals surface area contributed by atoms with Gasteiger partial charge >= 0.3 is 0 Å². The number of aliphatic hydroxyl groups is 1. The minimum absolute atomic E-state index is 0.332. The first-order valence-electron chi connectivity index (χ1n) is 11.6. The summed E-state index contributed by atoms with van der Waals surface area (Å²) in [4.78, 5) is 18.4. The molecule has 9 nitrogen and oxygen atoms in total. The highest BCUT2D eigenvalue weighted by atomic mass is 16.5. The van der Waals surface area contributed by atoms with E-state index in [0.29, 0.717) is 29.7 Å². The van der Waals surface area contributed by atoms with Crippen LogP contribution in [0.4, 0.5) is 11.6 Å². The minimum atomic E-state index is -0.876. The number of aromatic nitrogens is 5. The predicted octanol–water partition coefficient (Wildman–Crippen LogP) is 3.00. The minimum Gasteiger partial charge on any atom is -0.381 e. The molecular weight excluding hydrogens is 430 g/mol. The average molecular weight is 458 g/mol. The van der Waals surface area contributed by atoms with Crippen molar-refractivity contribution in [2.24, 2.45) is 5.92 Å². The summed E-state index contributed by atoms with van der Waals surface area (Å²) in [5, 5.41) is 16.9. The van der Waals surface area contributed by atoms with Crippen LogP contribution in [0.25, 0.3) is 16.7 Å². The molecule has 174 valence electrons. The molecule has 4 aromatic rings. The molecule has 0 amide bonds. The number of fused-ring (bicyclic) bond motifs is 4. The van der Waals surface area contributed by atoms with Crippen molar-refractivity contribution in [2.45, 2.75) is 26.1 Å². The van der Waals surface area contributed by atoms with Crippen molar-refractivity contribution in [2.75, 3.05) is 36.6 Å². The summed E-state index contributed by atoms with van der Waals surface area (Å²) >= 11 is 0. The van der Waals surface area contributed by atoms with Crippen molar-refractivity contribution in [3.05, 3.63) is 65.7 Å². The highest BCUT2D eigenvalue weighted by molar-refractivity contribution is 5.89. The third kappa shape index (κ3) is 3.57. The van der Waals surface area contributed by atoms with Crippen molar-refractivity contribution in [1.82, 2.24) is 24.7 Å². The Morgan fingerprint density at radius 2 is 2.06 bits per heavy atom. The summed E-state index contributed by atoms with van der Waals surface area (Å²) in [6.07, 6.45) is 1.90. The lowest BCUT2D eigenvalue weighted by molar-refractivity contribution is 0.162. The fourth-order valence-corrected chi connectivity index (χ4v) is 4.92. The Morgan fingerprint density at radius 1 is 1.18 bits per heavy atom. The molecule has 5 heterocycles. The zero-order valence-corrected chi connectivity index (χ0v) is 19.3. The summed E-state index contributed by atoms with van der Waals surface area (Å²) in [6.45, 7) is 4.75. The Morgan fingerprint density at radius 3 is 2.91 bits per heavy atom. The van der Waals surface area contributed by atoms with Gasteiger partial charge in [-0.3, -0.25) is 0 Å². The van der Waals surface area contributed by atoms with E-state index in [4.69, 9.17) is 14.7 Å². The molecule has 2 atom stereocenters. The van der Waals surface area contributed by atoms with Crippen molar-refractivity contribution in [3.8, 4) is 5.82 Å². The molecule has 0 bridgehead atoms. The molecule has 2 aliphatic rings. The second-order valence-electron chi connectivity index (χ2n) is 9.06. The number of hydrogen-bond acceptors (Lipinski definition) is 8. The lowest BCUT2D eigenvalue weighted by Crippen LogP contribution is -2.35. The number of ether oxygens (including phenoxy) is 1. The molecule has 1 N–H and O–H groups in total. The van der Waals surface area contributed by atoms with E-state index in [1.54, 1.807) is 10.9 Å². The first-order chi connectivity index (χ1) is 16.6. The summed E-state index contributed by atoms with van der Waals surface area (Å²) in [5.74, 6) is 3.44. The second-order valence-corrected chi connectivity index (χ2v) is 9.06. The van der Waals surface area contributed by atoms with Crippen LogP contribution in [0.15, 0.2) is 48.7 Å². The maximum atomic E-state index is 11.3. The van der Waals surface area contributed by atoms with Crippen LogP contribution >= 0.6 is 0 Å². The molecule has 6 rings (SSSR count). The van der Waals surface area contributed by atoms with Gasteiger partial charge in [0.25, 0.3) is 0 Å². The number of para-hydroxylation sites is 1. The molecule has 3 aromatic heterocycles. The molecule has 1 fully saturated rings. The van der Waals surface area contributed by atoms with E-state index in [0.717, 1.165) is 54.4 Å². The molecule has 0 spiro atoms. The van der Waals surface area contributed by atoms with Gasteiger partial charge in [-0.1, -0.05) is 12.1 Å². The van der Waals surface area contributed by atoms with E-state index >= 15 is 0 Å². The Kier molecular flexibility index (Phi) is 5.15. The normalized spacial score (nSPS) is 19.3. The number of anilines is 2. The second kappa shape index (κ2) is 8.34. The van der Waals surface area contributed by atoms with E-state index in [2.05, 4.69) is 28.1 Å². The summed E-state index contributed by atoms with van der Waals surface area (Å²) in [5.41, 5.74) is 2.44. The van der Waals surface area contributed by atoms with Crippen molar-refractivity contribution in [3.63, 3.8) is 0 Å². The van der Waals surface area contributed by atoms with E-state index in [1.807, 2.05) is 48.2 Å². The van der Waals surface area contributed by atoms with Gasteiger partial charge in [0.1, 0.15) is 11.6 Å². The topological polar surface area (TPSA) is 92.4 Å². The summed E-state index contributed by atoms with van der Waals surface area (Å²) in [6, 6.07) is 13.7. The molecule has 2 aliphatic heterocycles. The first kappa shape index (κ1) is 21.0. The smallest absolute Gasteiger partial charge is 0.163 e. The molecule has 0 aliphatic carbocycles. The molecule has 34 heavy (non-hydrogen) atoms. The van der Waals surface area contributed by atoms with Gasteiger partial charge in [0.15, 0.2) is 17.9 Å². The average Bonchev–Trinajstić information content (AvgIpc) is 3.50. The van der Waals surface area contributed by atoms with Gasteiger partial charge in [-0.05, 0) is 37.6 Å². The monoisotopic (exact) mass is 457 g/mol. The van der Waals surface area contributed by atoms with Gasteiger partial charge in [-0.2, -0.15) is 9.78 Å². The van der Waals surface area contributed by atoms with Crippen LogP contribution in [0.2, 0.25) is 0 Å². The third-order valence-corrected chi connectivity index (χ3v) is 6.56. The number of aliphatic hydroxyl groups excluding tert-OH is 1. The van der Waals surface area contributed by atoms with Gasteiger partial charge in [-0.25, -0.2) is 15.0 Å². The van der Waals surface area contributed by atoms with Crippen molar-refractivity contribution in [1.29, 1.82) is 0 Å². The quantitative estimate of drug-likeness (QED) is 0.489. The Bertz CT molecular complexity index is 1350. The SMILES string of the molecule is Cc1cc2n(n1)-c1ncccc1C(O)N2Cc1nc(N(C)CC2CCOC2)c2ccccc2n1. The van der Waals surface area contributed by atoms with Crippen LogP contribution in [0.5, 0.6) is 0 Å². The molecule has 0 saturated carbocycles. The Balaban J connectivity index is 1.39. The van der Waals surface area contributed by atoms with Gasteiger partial charge in [-0.15, -0.1) is 0 Å². The number of pyridine rings is 1. The van der Waals surface area contributed by atoms with Crippen LogP contribution in [0.3, 0.4) is 0 Å². The van der Waals surface area contributed by atoms with Crippen LogP contribution in [-0.4, -0.2) is 56.6 Å². The largest absolute Gasteiger partial charge is 0.381 e. The third-order valence-electron chi connectivity index (χ3n) is 6.56. The highest BCUT2D eigenvalue weighted by Crippen LogP contribution is 2.37. The maximum Gasteiger partial charge on any atom is 0.163 e. The molecule has 9 heteroatoms. The highest BCUT2D eigenvalue weighted by Gasteiger charge is 2.32. The lowest BCUT2D eigenvalue weighted by Gasteiger charge is -2.34. The van der Waals surface area contributed by atoms with Crippen molar-refractivity contribution < 1.29 is 9.84 Å². The van der Waals surface area contributed by atoms with Gasteiger partial charge in [0.2, 0.25) is 0 Å². The number of nitrogens with zero attached hydrogens (tertiary/aromatic N) is 7. The first-order valence-corrected chi connectivity index (χ1v) is 11.6. The maximum absolute atomic E-state index is 11.3. The number of rotatable bonds is 5. The van der Waals surface area contributed by atoms with Crippen LogP contribution < -0.4 is 9.80 Å². The predicted molar refractivity (Wildman–Crippen MR) is 129 cm³/mol. The Labute approximate surface area is 197 Å². The fourth-order valence-electron chi connectivity index (χ4n) is 4.92. The van der Waals surface area contributed by atoms with Crippen LogP contribution in [-0.2, 0) is 11.3 Å². The van der Waals surface area contributed by atoms with E-state index < -0.39 is 6.23 Å². The van der Waals surface area contributed by atoms with Crippen LogP contribution in [0, 0.1) is 12.8 Å². The van der Waals surface area contributed by atoms with E-state index in [1.165, 1.54) is 0 Å². The number of benzene rings is 1. The number of aryl methyl sites for hydroxylation is 1. The van der Waals surface area contributed by atoms with E-state index in [9.17, 15) is 5.11 Å². The molecular formula is C25H27N7O2. The Hall–Kier alpha value is -3.56. The zero-order valence-electron chi connectivity index (χ0n) is 19.3. The molecule has 1 aromatic carbocycles. The van der Waals surface area contributed by atoms with Gasteiger partial charge in [0.05, 0.1) is 24.4 Å².